The summed E-state index contributed by atoms with van der Waals surface area (Å²) in [6.45, 7) is 14.9. The van der Waals surface area contributed by atoms with Crippen LogP contribution in [0.3, 0.4) is 0 Å². The summed E-state index contributed by atoms with van der Waals surface area (Å²) in [5.74, 6) is 0.848. The Morgan fingerprint density at radius 3 is 0.767 bits per heavy atom. The Kier molecular flexibility index (Phi) is 45.9. The van der Waals surface area contributed by atoms with Gasteiger partial charge in [-0.25, -0.2) is 0 Å². The topological polar surface area (TPSA) is 194 Å². The van der Waals surface area contributed by atoms with E-state index in [9.17, 15) is 33.6 Å². The number of nitrogens with zero attached hydrogens (tertiary/aromatic N) is 6. The molecule has 0 amide bonds. The zero-order chi connectivity index (χ0) is 105. The molecule has 24 heteroatoms. The number of hydrogen-bond donors (Lipinski definition) is 0. The first kappa shape index (κ1) is 118. The van der Waals surface area contributed by atoms with Crippen LogP contribution in [0, 0.1) is 35.5 Å². The number of carbonyl (C=O) groups excluding carboxylic acids is 7. The number of halogens is 3. The first-order valence-electron chi connectivity index (χ1n) is 54.3. The van der Waals surface area contributed by atoms with Crippen molar-refractivity contribution >= 4 is 164 Å². The van der Waals surface area contributed by atoms with Gasteiger partial charge in [0.15, 0.2) is 0 Å². The molecule has 0 spiro atoms. The smallest absolute Gasteiger partial charge is 0.310 e. The van der Waals surface area contributed by atoms with E-state index in [-0.39, 0.29) is 113 Å². The monoisotopic (exact) mass is 2490 g/mol. The molecule has 146 heavy (non-hydrogen) atoms. The van der Waals surface area contributed by atoms with Crippen LogP contribution in [0.2, 0.25) is 28.1 Å². The maximum Gasteiger partial charge on any atom is 0.310 e. The summed E-state index contributed by atoms with van der Waals surface area (Å²) in [6, 6.07) is 56.0. The SMILES string of the molecule is C=Cc1ccc(C2CC3CCC(C2C(=O)OC)N3C)cc1.C=[CH][Sn]([CH2]CCC)([CH2]CCC)[CH2]CCC.COC(=O)C1C(c2ccc(/C=C\I)cc2)CC2CCC1N2C.COC(=O)C1C(c2ccc(/C=C\[123I])cc2)CC2CCC1N2C.COC(=O)C1C(c2ccc(/C=[CH]\[Sn]([CH3])([CH3])[CH3])cc2)CC2CCC1N2C.COC(=O)C1C(c2ccc(Br)cc2)CC2CCC1N2C.COC(=O)C1C(c2ccc(C=O)cc2)CC2CCC1N2C. The van der Waals surface area contributed by atoms with E-state index in [1.807, 2.05) is 38.5 Å². The standard InChI is InChI=1S/2C18H22INO2.C18H23NO2.C18H22NO2.C17H21NO3.C16H20BrNO2.3C4H9.C2H3.3CH3.2Sn/c2*1-20-14-7-8-16(20)17(18(21)22-2)15(11-14)13-5-3-12(4-6-13)9-10-19;2*1-4-12-5-7-13(8-6-12)15-11-14-9-10-16(19(14)2)17(15)18(20)21-3;1-18-13-7-8-15(18)16(17(20)21-2)14(9-13)12-5-3-11(10-19)4-6-12;1-18-12-7-8-14(18)15(16(19)20-2)13(9-12)10-3-5-11(17)6-4-10;3*1-3-4-2;1-2;;;;;/h2*3-6,9-10,14-17H,7-8,11H2,1-2H3;4-8,14-17H,1,9-11H2,2-3H3;1,4-8,14-17H,9-11H2,2-3H3;3-6,10,13-16H,7-9H2,1-2H3;3-6,12-15H,7-9H2,1-2H3;3*1,3-4H2,2H3;1H,2H2;3*1H3;;/b2*10-9-;;;;;;;;;;;;;/i19-4;;;;;;;;;;;;;;. The molecule has 19 nitrogen and oxygen atoms in total. The fraction of sp³-hybridized carbons (Fsp3) is 0.566. The first-order valence-corrected chi connectivity index (χ1v) is 75.4. The van der Waals surface area contributed by atoms with Gasteiger partial charge in [-0.05, 0) is 209 Å². The summed E-state index contributed by atoms with van der Waals surface area (Å²) in [6.07, 6.45) is 37.5. The van der Waals surface area contributed by atoms with Crippen LogP contribution in [0.1, 0.15) is 276 Å². The average Bonchev–Trinajstić information content (AvgIpc) is 1.63. The third kappa shape index (κ3) is 29.1. The van der Waals surface area contributed by atoms with Crippen LogP contribution in [0.15, 0.2) is 180 Å². The van der Waals surface area contributed by atoms with Gasteiger partial charge >= 0.3 is 288 Å². The van der Waals surface area contributed by atoms with Crippen LogP contribution in [-0.4, -0.2) is 266 Å². The van der Waals surface area contributed by atoms with Gasteiger partial charge in [-0.2, -0.15) is 0 Å². The molecule has 18 rings (SSSR count). The van der Waals surface area contributed by atoms with Crippen molar-refractivity contribution in [3.05, 3.63) is 241 Å². The van der Waals surface area contributed by atoms with Crippen LogP contribution in [0.4, 0.5) is 0 Å². The molecule has 24 unspecified atom stereocenters. The van der Waals surface area contributed by atoms with E-state index >= 15 is 0 Å². The summed E-state index contributed by atoms with van der Waals surface area (Å²) >= 11 is 4.20. The molecule has 12 bridgehead atoms. The van der Waals surface area contributed by atoms with E-state index in [1.54, 1.807) is 13.3 Å². The summed E-state index contributed by atoms with van der Waals surface area (Å²) in [4.78, 5) is 107. The number of unbranched alkanes of at least 4 members (excludes halogenated alkanes) is 3. The number of methoxy groups -OCH3 is 6. The average molecular weight is 2490 g/mol. The van der Waals surface area contributed by atoms with Crippen LogP contribution >= 0.6 is 61.1 Å². The Hall–Kier alpha value is -6.19. The molecule has 12 saturated heterocycles. The van der Waals surface area contributed by atoms with E-state index in [2.05, 4.69) is 329 Å². The second-order valence-electron chi connectivity index (χ2n) is 44.5. The van der Waals surface area contributed by atoms with Gasteiger partial charge in [-0.1, -0.05) is 183 Å². The Morgan fingerprint density at radius 1 is 0.349 bits per heavy atom. The molecule has 24 atom stereocenters. The van der Waals surface area contributed by atoms with E-state index in [4.69, 9.17) is 28.4 Å². The fourth-order valence-electron chi connectivity index (χ4n) is 27.3. The molecular formula is C122H169BrI2N6O13Sn2. The normalized spacial score (nSPS) is 29.6. The van der Waals surface area contributed by atoms with Crippen molar-refractivity contribution < 1.29 is 62.0 Å². The third-order valence-corrected chi connectivity index (χ3v) is 54.4. The minimum absolute atomic E-state index is 0.0371. The Morgan fingerprint density at radius 2 is 0.568 bits per heavy atom. The van der Waals surface area contributed by atoms with E-state index in [1.165, 1.54) is 158 Å². The van der Waals surface area contributed by atoms with Gasteiger partial charge < -0.3 is 23.7 Å². The van der Waals surface area contributed by atoms with Crippen molar-refractivity contribution in [3.8, 4) is 0 Å². The van der Waals surface area contributed by atoms with Crippen molar-refractivity contribution in [1.82, 2.24) is 29.4 Å². The van der Waals surface area contributed by atoms with Crippen LogP contribution in [0.25, 0.3) is 24.3 Å². The maximum absolute atomic E-state index is 12.5. The van der Waals surface area contributed by atoms with Crippen LogP contribution in [-0.2, 0) is 57.2 Å². The number of ether oxygens (including phenoxy) is 6. The number of rotatable bonds is 28. The largest absolute Gasteiger partial charge is 0.469 e. The van der Waals surface area contributed by atoms with Crippen molar-refractivity contribution in [3.63, 3.8) is 0 Å². The molecule has 6 aromatic rings. The number of esters is 6. The first-order chi connectivity index (χ1) is 70.3. The molecule has 0 radical (unpaired) electrons. The minimum atomic E-state index is -1.88. The summed E-state index contributed by atoms with van der Waals surface area (Å²) in [5, 5.41) is 0. The van der Waals surface area contributed by atoms with Crippen molar-refractivity contribution in [1.29, 1.82) is 0 Å². The quantitative estimate of drug-likeness (QED) is 0.0148. The maximum atomic E-state index is 12.5. The third-order valence-electron chi connectivity index (χ3n) is 35.8. The van der Waals surface area contributed by atoms with Crippen LogP contribution in [0.5, 0.6) is 0 Å². The molecule has 6 aromatic carbocycles. The zero-order valence-electron chi connectivity index (χ0n) is 90.5. The van der Waals surface area contributed by atoms with Gasteiger partial charge in [0, 0.05) is 100 Å². The van der Waals surface area contributed by atoms with E-state index in [0.717, 1.165) is 105 Å². The summed E-state index contributed by atoms with van der Waals surface area (Å²) in [7, 11) is 21.9. The molecule has 0 saturated carbocycles. The van der Waals surface area contributed by atoms with Gasteiger partial charge in [-0.15, -0.1) is 0 Å². The number of carbonyl (C=O) groups is 7. The molecule has 12 fully saturated rings. The molecular weight excluding hydrogens is 2320 g/mol. The number of aldehydes is 1. The second-order valence-corrected chi connectivity index (χ2v) is 74.5. The fourth-order valence-corrected chi connectivity index (χ4v) is 43.4. The Balaban J connectivity index is 0.000000152. The van der Waals surface area contributed by atoms with Gasteiger partial charge in [0.25, 0.3) is 0 Å². The zero-order valence-corrected chi connectivity index (χ0v) is 102. The minimum Gasteiger partial charge on any atom is -0.469 e. The molecule has 0 aromatic heterocycles. The molecule has 12 aliphatic heterocycles. The summed E-state index contributed by atoms with van der Waals surface area (Å²) in [5.41, 5.74) is 12.9. The van der Waals surface area contributed by atoms with Crippen molar-refractivity contribution in [2.75, 3.05) is 84.9 Å². The van der Waals surface area contributed by atoms with E-state index < -0.39 is 36.8 Å². The Labute approximate surface area is 919 Å². The van der Waals surface area contributed by atoms with Crippen molar-refractivity contribution in [2.24, 2.45) is 35.5 Å². The number of piperidine rings is 6. The molecule has 0 N–H and O–H groups in total. The Bertz CT molecular complexity index is 5090. The molecule has 12 heterocycles. The van der Waals surface area contributed by atoms with Gasteiger partial charge in [-0.3, -0.25) is 53.3 Å². The summed E-state index contributed by atoms with van der Waals surface area (Å²) < 4.78 is 45.4. The van der Waals surface area contributed by atoms with E-state index in [0.29, 0.717) is 72.0 Å². The molecule has 0 aliphatic carbocycles. The predicted molar refractivity (Wildman–Crippen MR) is 620 cm³/mol. The van der Waals surface area contributed by atoms with Crippen LogP contribution < -0.4 is 0 Å². The van der Waals surface area contributed by atoms with Gasteiger partial charge in [0.2, 0.25) is 0 Å². The second kappa shape index (κ2) is 56.6. The van der Waals surface area contributed by atoms with Gasteiger partial charge in [0.05, 0.1) is 65.1 Å². The molecule has 794 valence electrons. The molecule has 12 aliphatic rings. The van der Waals surface area contributed by atoms with Gasteiger partial charge in [0.1, 0.15) is 6.29 Å². The number of benzene rings is 6. The number of fused-ring (bicyclic) bond motifs is 12. The number of hydrogen-bond acceptors (Lipinski definition) is 19. The predicted octanol–water partition coefficient (Wildman–Crippen LogP) is 26.0. The van der Waals surface area contributed by atoms with Crippen molar-refractivity contribution in [2.45, 2.75) is 311 Å².